The Morgan fingerprint density at radius 3 is 2.42 bits per heavy atom. The molecular formula is C18H32IN3O2. The van der Waals surface area contributed by atoms with Gasteiger partial charge in [0.1, 0.15) is 18.9 Å². The van der Waals surface area contributed by atoms with Crippen molar-refractivity contribution in [2.45, 2.75) is 20.8 Å². The number of hydrogen-bond acceptors (Lipinski definition) is 2. The molecule has 1 aromatic rings. The lowest BCUT2D eigenvalue weighted by atomic mass is 10.2. The van der Waals surface area contributed by atoms with Crippen LogP contribution in [0.25, 0.3) is 0 Å². The number of ether oxygens (including phenoxy) is 1. The number of hydrogen-bond donors (Lipinski definition) is 1. The molecule has 0 bridgehead atoms. The van der Waals surface area contributed by atoms with Gasteiger partial charge in [-0.05, 0) is 38.5 Å². The Balaban J connectivity index is 0.00000529. The van der Waals surface area contributed by atoms with E-state index in [9.17, 15) is 4.79 Å². The summed E-state index contributed by atoms with van der Waals surface area (Å²) in [4.78, 5) is 13.2. The first-order valence-corrected chi connectivity index (χ1v) is 8.42. The number of carbonyl (C=O) groups is 1. The number of likely N-dealkylation sites (N-methyl/N-ethyl adjacent to an activating group) is 1. The molecule has 0 aliphatic rings. The van der Waals surface area contributed by atoms with Crippen LogP contribution in [0.5, 0.6) is 5.75 Å². The van der Waals surface area contributed by atoms with Crippen LogP contribution in [-0.2, 0) is 0 Å². The maximum atomic E-state index is 11.6. The van der Waals surface area contributed by atoms with Crippen molar-refractivity contribution in [1.82, 2.24) is 10.2 Å². The van der Waals surface area contributed by atoms with Gasteiger partial charge in [0.25, 0.3) is 0 Å². The van der Waals surface area contributed by atoms with Crippen LogP contribution in [0.3, 0.4) is 0 Å². The van der Waals surface area contributed by atoms with Crippen LogP contribution < -0.4 is 34.0 Å². The van der Waals surface area contributed by atoms with E-state index >= 15 is 0 Å². The molecule has 0 spiro atoms. The second-order valence-corrected chi connectivity index (χ2v) is 6.21. The van der Waals surface area contributed by atoms with Crippen molar-refractivity contribution in [2.24, 2.45) is 0 Å². The average Bonchev–Trinajstić information content (AvgIpc) is 2.53. The van der Waals surface area contributed by atoms with Gasteiger partial charge in [0.05, 0.1) is 26.2 Å². The van der Waals surface area contributed by atoms with Gasteiger partial charge in [-0.3, -0.25) is 0 Å². The van der Waals surface area contributed by atoms with Gasteiger partial charge in [-0.15, -0.1) is 0 Å². The van der Waals surface area contributed by atoms with E-state index in [-0.39, 0.29) is 30.0 Å². The number of urea groups is 1. The van der Waals surface area contributed by atoms with E-state index in [1.165, 1.54) is 5.56 Å². The molecular weight excluding hydrogens is 417 g/mol. The molecule has 0 saturated heterocycles. The van der Waals surface area contributed by atoms with E-state index in [0.717, 1.165) is 36.4 Å². The number of aryl methyl sites for hydroxylation is 1. The molecule has 0 aliphatic heterocycles. The maximum Gasteiger partial charge on any atom is 0.317 e. The number of halogens is 1. The zero-order valence-corrected chi connectivity index (χ0v) is 17.8. The molecule has 24 heavy (non-hydrogen) atoms. The quantitative estimate of drug-likeness (QED) is 0.409. The number of nitrogens with zero attached hydrogens (tertiary/aromatic N) is 2. The molecule has 5 nitrogen and oxygen atoms in total. The first-order chi connectivity index (χ1) is 10.9. The van der Waals surface area contributed by atoms with Crippen LogP contribution in [0.4, 0.5) is 4.79 Å². The van der Waals surface area contributed by atoms with E-state index in [4.69, 9.17) is 4.74 Å². The summed E-state index contributed by atoms with van der Waals surface area (Å²) < 4.78 is 6.84. The zero-order chi connectivity index (χ0) is 17.3. The van der Waals surface area contributed by atoms with Crippen LogP contribution >= 0.6 is 0 Å². The van der Waals surface area contributed by atoms with E-state index in [2.05, 4.69) is 38.2 Å². The molecule has 6 heteroatoms. The van der Waals surface area contributed by atoms with Crippen molar-refractivity contribution in [3.8, 4) is 5.75 Å². The fourth-order valence-corrected chi connectivity index (χ4v) is 2.59. The summed E-state index contributed by atoms with van der Waals surface area (Å²) in [5, 5.41) is 2.95. The summed E-state index contributed by atoms with van der Waals surface area (Å²) in [6.07, 6.45) is 0. The Hall–Kier alpha value is -1.02. The Morgan fingerprint density at radius 2 is 1.88 bits per heavy atom. The number of carbonyl (C=O) groups excluding carboxylic acids is 1. The van der Waals surface area contributed by atoms with E-state index < -0.39 is 0 Å². The van der Waals surface area contributed by atoms with Crippen LogP contribution in [0.1, 0.15) is 19.4 Å². The van der Waals surface area contributed by atoms with Crippen molar-refractivity contribution < 1.29 is 38.0 Å². The van der Waals surface area contributed by atoms with Crippen molar-refractivity contribution >= 4 is 6.03 Å². The summed E-state index contributed by atoms with van der Waals surface area (Å²) in [7, 11) is 3.51. The zero-order valence-electron chi connectivity index (χ0n) is 15.6. The second-order valence-electron chi connectivity index (χ2n) is 6.21. The van der Waals surface area contributed by atoms with Gasteiger partial charge in [-0.25, -0.2) is 4.79 Å². The van der Waals surface area contributed by atoms with E-state index in [1.54, 1.807) is 19.0 Å². The molecule has 0 fully saturated rings. The second kappa shape index (κ2) is 11.5. The number of nitrogens with one attached hydrogen (secondary N) is 1. The lowest BCUT2D eigenvalue weighted by Crippen LogP contribution is -3.00. The highest BCUT2D eigenvalue weighted by molar-refractivity contribution is 5.73. The Kier molecular flexibility index (Phi) is 11.0. The van der Waals surface area contributed by atoms with E-state index in [0.29, 0.717) is 13.2 Å². The van der Waals surface area contributed by atoms with Gasteiger partial charge in [-0.2, -0.15) is 0 Å². The smallest absolute Gasteiger partial charge is 0.317 e. The lowest BCUT2D eigenvalue weighted by Gasteiger charge is -2.37. The summed E-state index contributed by atoms with van der Waals surface area (Å²) in [5.74, 6) is 0.927. The predicted octanol–water partition coefficient (Wildman–Crippen LogP) is -0.494. The largest absolute Gasteiger partial charge is 1.00 e. The Bertz CT molecular complexity index is 491. The summed E-state index contributed by atoms with van der Waals surface area (Å²) >= 11 is 0. The summed E-state index contributed by atoms with van der Waals surface area (Å²) in [6, 6.07) is 8.11. The van der Waals surface area contributed by atoms with Gasteiger partial charge < -0.3 is 43.4 Å². The minimum Gasteiger partial charge on any atom is -1.00 e. The minimum atomic E-state index is -0.0358. The average molecular weight is 449 g/mol. The maximum absolute atomic E-state index is 11.6. The highest BCUT2D eigenvalue weighted by Crippen LogP contribution is 2.13. The molecule has 138 valence electrons. The molecule has 0 aliphatic carbocycles. The normalized spacial score (nSPS) is 10.7. The Labute approximate surface area is 164 Å². The molecule has 0 saturated carbocycles. The van der Waals surface area contributed by atoms with Gasteiger partial charge in [0, 0.05) is 14.1 Å². The molecule has 0 unspecified atom stereocenters. The lowest BCUT2D eigenvalue weighted by molar-refractivity contribution is -0.923. The first-order valence-electron chi connectivity index (χ1n) is 8.42. The molecule has 0 radical (unpaired) electrons. The fraction of sp³-hybridized carbons (Fsp3) is 0.611. The number of amides is 2. The molecule has 1 aromatic carbocycles. The highest BCUT2D eigenvalue weighted by atomic mass is 127. The first kappa shape index (κ1) is 23.0. The third-order valence-electron chi connectivity index (χ3n) is 4.43. The topological polar surface area (TPSA) is 41.6 Å². The minimum absolute atomic E-state index is 0. The molecule has 1 N–H and O–H groups in total. The van der Waals surface area contributed by atoms with Crippen LogP contribution in [0.15, 0.2) is 24.3 Å². The summed E-state index contributed by atoms with van der Waals surface area (Å²) in [6.45, 7) is 11.8. The van der Waals surface area contributed by atoms with Gasteiger partial charge in [0.15, 0.2) is 0 Å². The Morgan fingerprint density at radius 1 is 1.21 bits per heavy atom. The van der Waals surface area contributed by atoms with Crippen LogP contribution in [0, 0.1) is 6.92 Å². The monoisotopic (exact) mass is 449 g/mol. The fourth-order valence-electron chi connectivity index (χ4n) is 2.59. The number of benzene rings is 1. The van der Waals surface area contributed by atoms with E-state index in [1.807, 2.05) is 12.1 Å². The van der Waals surface area contributed by atoms with Crippen molar-refractivity contribution in [3.63, 3.8) is 0 Å². The standard InChI is InChI=1S/C18H31N3O2.HI/c1-6-21(7-2,12-11-19-18(22)20(4)5)13-14-23-17-10-8-9-16(3)15-17;/h8-10,15H,6-7,11-14H2,1-5H3;1H. The van der Waals surface area contributed by atoms with Crippen molar-refractivity contribution in [2.75, 3.05) is 53.4 Å². The van der Waals surface area contributed by atoms with Crippen LogP contribution in [-0.4, -0.2) is 68.8 Å². The van der Waals surface area contributed by atoms with Gasteiger partial charge in [0.2, 0.25) is 0 Å². The molecule has 2 amide bonds. The molecule has 0 aromatic heterocycles. The van der Waals surface area contributed by atoms with Crippen molar-refractivity contribution in [1.29, 1.82) is 0 Å². The van der Waals surface area contributed by atoms with Gasteiger partial charge in [-0.1, -0.05) is 12.1 Å². The summed E-state index contributed by atoms with van der Waals surface area (Å²) in [5.41, 5.74) is 1.21. The number of rotatable bonds is 9. The third kappa shape index (κ3) is 7.70. The van der Waals surface area contributed by atoms with Gasteiger partial charge >= 0.3 is 6.03 Å². The highest BCUT2D eigenvalue weighted by Gasteiger charge is 2.23. The predicted molar refractivity (Wildman–Crippen MR) is 94.8 cm³/mol. The number of quaternary nitrogens is 1. The third-order valence-corrected chi connectivity index (χ3v) is 4.43. The molecule has 0 atom stereocenters. The molecule has 1 rings (SSSR count). The van der Waals surface area contributed by atoms with Crippen molar-refractivity contribution in [3.05, 3.63) is 29.8 Å². The SMILES string of the molecule is CC[N+](CC)(CCNC(=O)N(C)C)CCOc1cccc(C)c1.[I-]. The van der Waals surface area contributed by atoms with Crippen LogP contribution in [0.2, 0.25) is 0 Å². The molecule has 0 heterocycles.